The van der Waals surface area contributed by atoms with Gasteiger partial charge in [-0.15, -0.1) is 0 Å². The maximum atomic E-state index is 13.0. The smallest absolute Gasteiger partial charge is 0.259 e. The molecule has 31 heavy (non-hydrogen) atoms. The Morgan fingerprint density at radius 3 is 2.52 bits per heavy atom. The zero-order chi connectivity index (χ0) is 21.6. The molecular formula is C24H29N3O4. The first-order valence-electron chi connectivity index (χ1n) is 11.1. The highest BCUT2D eigenvalue weighted by Gasteiger charge is 2.30. The van der Waals surface area contributed by atoms with E-state index in [1.54, 1.807) is 35.4 Å². The van der Waals surface area contributed by atoms with Gasteiger partial charge in [0.2, 0.25) is 5.88 Å². The topological polar surface area (TPSA) is 72.0 Å². The highest BCUT2D eigenvalue weighted by atomic mass is 16.5. The van der Waals surface area contributed by atoms with Gasteiger partial charge in [-0.3, -0.25) is 9.59 Å². The predicted octanol–water partition coefficient (Wildman–Crippen LogP) is 3.40. The number of nitrogens with zero attached hydrogens (tertiary/aromatic N) is 3. The number of carbonyl (C=O) groups is 2. The molecule has 7 heteroatoms. The summed E-state index contributed by atoms with van der Waals surface area (Å²) in [6.07, 6.45) is 5.40. The maximum absolute atomic E-state index is 13.0. The van der Waals surface area contributed by atoms with E-state index < -0.39 is 0 Å². The molecule has 2 aromatic rings. The Kier molecular flexibility index (Phi) is 6.70. The second-order valence-electron chi connectivity index (χ2n) is 7.95. The van der Waals surface area contributed by atoms with Gasteiger partial charge in [0.1, 0.15) is 17.4 Å². The summed E-state index contributed by atoms with van der Waals surface area (Å²) in [5.41, 5.74) is 1.13. The van der Waals surface area contributed by atoms with Crippen LogP contribution in [0.1, 0.15) is 53.3 Å². The van der Waals surface area contributed by atoms with E-state index in [1.807, 2.05) is 24.0 Å². The van der Waals surface area contributed by atoms with Gasteiger partial charge in [-0.25, -0.2) is 4.98 Å². The molecule has 0 aliphatic carbocycles. The molecule has 0 saturated carbocycles. The third-order valence-electron chi connectivity index (χ3n) is 5.77. The number of ether oxygens (including phenoxy) is 2. The van der Waals surface area contributed by atoms with Crippen molar-refractivity contribution in [2.75, 3.05) is 32.8 Å². The molecule has 1 aromatic carbocycles. The van der Waals surface area contributed by atoms with Crippen molar-refractivity contribution in [1.29, 1.82) is 0 Å². The minimum Gasteiger partial charge on any atom is -0.494 e. The molecule has 2 amide bonds. The minimum atomic E-state index is -0.186. The maximum Gasteiger partial charge on any atom is 0.259 e. The van der Waals surface area contributed by atoms with Crippen LogP contribution in [-0.4, -0.2) is 65.5 Å². The molecule has 7 nitrogen and oxygen atoms in total. The number of aromatic nitrogens is 1. The average molecular weight is 424 g/mol. The van der Waals surface area contributed by atoms with Crippen LogP contribution in [0, 0.1) is 0 Å². The standard InChI is InChI=1S/C24H29N3O4/c1-2-30-19-10-8-18(9-11-19)23(28)27-16-12-20(17-27)31-22-21(7-6-13-25-22)24(29)26-14-4-3-5-15-26/h6-11,13,20H,2-5,12,14-17H2,1H3. The van der Waals surface area contributed by atoms with Crippen LogP contribution in [0.25, 0.3) is 0 Å². The Bertz CT molecular complexity index is 909. The van der Waals surface area contributed by atoms with Gasteiger partial charge >= 0.3 is 0 Å². The van der Waals surface area contributed by atoms with Crippen LogP contribution in [0.4, 0.5) is 0 Å². The predicted molar refractivity (Wildman–Crippen MR) is 117 cm³/mol. The molecule has 2 fully saturated rings. The molecule has 2 aliphatic rings. The molecule has 1 aromatic heterocycles. The molecule has 0 bridgehead atoms. The summed E-state index contributed by atoms with van der Waals surface area (Å²) >= 11 is 0. The van der Waals surface area contributed by atoms with E-state index in [4.69, 9.17) is 9.47 Å². The normalized spacial score (nSPS) is 18.7. The van der Waals surface area contributed by atoms with Crippen LogP contribution in [-0.2, 0) is 0 Å². The lowest BCUT2D eigenvalue weighted by Crippen LogP contribution is -2.36. The Morgan fingerprint density at radius 1 is 1.00 bits per heavy atom. The molecule has 4 rings (SSSR count). The number of hydrogen-bond acceptors (Lipinski definition) is 5. The highest BCUT2D eigenvalue weighted by Crippen LogP contribution is 2.24. The van der Waals surface area contributed by atoms with Gasteiger partial charge in [-0.1, -0.05) is 0 Å². The molecule has 2 aliphatic heterocycles. The average Bonchev–Trinajstić information content (AvgIpc) is 3.28. The van der Waals surface area contributed by atoms with Gasteiger partial charge in [-0.2, -0.15) is 0 Å². The van der Waals surface area contributed by atoms with Crippen molar-refractivity contribution >= 4 is 11.8 Å². The fraction of sp³-hybridized carbons (Fsp3) is 0.458. The molecule has 0 radical (unpaired) electrons. The first-order chi connectivity index (χ1) is 15.2. The Balaban J connectivity index is 1.39. The third kappa shape index (κ3) is 4.98. The second-order valence-corrected chi connectivity index (χ2v) is 7.95. The van der Waals surface area contributed by atoms with Crippen molar-refractivity contribution in [2.24, 2.45) is 0 Å². The van der Waals surface area contributed by atoms with Crippen LogP contribution < -0.4 is 9.47 Å². The molecular weight excluding hydrogens is 394 g/mol. The van der Waals surface area contributed by atoms with E-state index in [0.29, 0.717) is 43.1 Å². The van der Waals surface area contributed by atoms with Gasteiger partial charge in [0.15, 0.2) is 0 Å². The first-order valence-corrected chi connectivity index (χ1v) is 11.1. The Hall–Kier alpha value is -3.09. The third-order valence-corrected chi connectivity index (χ3v) is 5.77. The molecule has 164 valence electrons. The van der Waals surface area contributed by atoms with E-state index >= 15 is 0 Å². The van der Waals surface area contributed by atoms with Crippen molar-refractivity contribution in [1.82, 2.24) is 14.8 Å². The quantitative estimate of drug-likeness (QED) is 0.712. The summed E-state index contributed by atoms with van der Waals surface area (Å²) in [6, 6.07) is 10.7. The van der Waals surface area contributed by atoms with Crippen LogP contribution in [0.15, 0.2) is 42.6 Å². The van der Waals surface area contributed by atoms with Crippen molar-refractivity contribution < 1.29 is 19.1 Å². The van der Waals surface area contributed by atoms with E-state index in [-0.39, 0.29) is 17.9 Å². The molecule has 0 spiro atoms. The number of piperidine rings is 1. The number of hydrogen-bond donors (Lipinski definition) is 0. The zero-order valence-corrected chi connectivity index (χ0v) is 18.0. The van der Waals surface area contributed by atoms with Crippen LogP contribution >= 0.6 is 0 Å². The fourth-order valence-corrected chi connectivity index (χ4v) is 4.12. The largest absolute Gasteiger partial charge is 0.494 e. The number of pyridine rings is 1. The number of rotatable bonds is 6. The Labute approximate surface area is 183 Å². The van der Waals surface area contributed by atoms with E-state index in [9.17, 15) is 9.59 Å². The molecule has 2 saturated heterocycles. The number of benzene rings is 1. The summed E-state index contributed by atoms with van der Waals surface area (Å²) in [7, 11) is 0. The lowest BCUT2D eigenvalue weighted by Gasteiger charge is -2.27. The van der Waals surface area contributed by atoms with Crippen LogP contribution in [0.3, 0.4) is 0 Å². The second kappa shape index (κ2) is 9.81. The molecule has 0 N–H and O–H groups in total. The zero-order valence-electron chi connectivity index (χ0n) is 18.0. The van der Waals surface area contributed by atoms with Gasteiger partial charge < -0.3 is 19.3 Å². The fourth-order valence-electron chi connectivity index (χ4n) is 4.12. The number of carbonyl (C=O) groups excluding carboxylic acids is 2. The van der Waals surface area contributed by atoms with E-state index in [2.05, 4.69) is 4.98 Å². The van der Waals surface area contributed by atoms with Crippen LogP contribution in [0.5, 0.6) is 11.6 Å². The van der Waals surface area contributed by atoms with Gasteiger partial charge in [0.05, 0.1) is 13.2 Å². The monoisotopic (exact) mass is 423 g/mol. The minimum absolute atomic E-state index is 0.0249. The van der Waals surface area contributed by atoms with Gasteiger partial charge in [0, 0.05) is 37.8 Å². The molecule has 1 atom stereocenters. The molecule has 1 unspecified atom stereocenters. The Morgan fingerprint density at radius 2 is 1.77 bits per heavy atom. The van der Waals surface area contributed by atoms with Crippen molar-refractivity contribution in [3.63, 3.8) is 0 Å². The first kappa shape index (κ1) is 21.2. The summed E-state index contributed by atoms with van der Waals surface area (Å²) in [4.78, 5) is 33.8. The lowest BCUT2D eigenvalue weighted by molar-refractivity contribution is 0.0708. The van der Waals surface area contributed by atoms with Gasteiger partial charge in [0.25, 0.3) is 11.8 Å². The van der Waals surface area contributed by atoms with Crippen molar-refractivity contribution in [3.05, 3.63) is 53.7 Å². The van der Waals surface area contributed by atoms with E-state index in [0.717, 1.165) is 31.7 Å². The summed E-state index contributed by atoms with van der Waals surface area (Å²) in [6.45, 7) is 5.16. The highest BCUT2D eigenvalue weighted by molar-refractivity contribution is 5.96. The van der Waals surface area contributed by atoms with Crippen molar-refractivity contribution in [2.45, 2.75) is 38.7 Å². The SMILES string of the molecule is CCOc1ccc(C(=O)N2CCC(Oc3ncccc3C(=O)N3CCCCC3)C2)cc1. The van der Waals surface area contributed by atoms with E-state index in [1.165, 1.54) is 6.42 Å². The van der Waals surface area contributed by atoms with Gasteiger partial charge in [-0.05, 0) is 62.6 Å². The summed E-state index contributed by atoms with van der Waals surface area (Å²) in [5, 5.41) is 0. The summed E-state index contributed by atoms with van der Waals surface area (Å²) < 4.78 is 11.6. The number of amides is 2. The number of likely N-dealkylation sites (tertiary alicyclic amines) is 2. The molecule has 3 heterocycles. The lowest BCUT2D eigenvalue weighted by atomic mass is 10.1. The summed E-state index contributed by atoms with van der Waals surface area (Å²) in [5.74, 6) is 1.06. The van der Waals surface area contributed by atoms with Crippen molar-refractivity contribution in [3.8, 4) is 11.6 Å². The van der Waals surface area contributed by atoms with Crippen LogP contribution in [0.2, 0.25) is 0 Å².